The molecule has 1 unspecified atom stereocenters. The molecule has 11 N–H and O–H groups in total. The fraction of sp³-hybridized carbons (Fsp3) is 0.600. The molecule has 0 aliphatic carbocycles. The predicted molar refractivity (Wildman–Crippen MR) is 134 cm³/mol. The van der Waals surface area contributed by atoms with Crippen LogP contribution >= 0.6 is 11.8 Å². The summed E-state index contributed by atoms with van der Waals surface area (Å²) in [5, 5.41) is 29.9. The summed E-state index contributed by atoms with van der Waals surface area (Å²) in [6.07, 6.45) is -0.578. The van der Waals surface area contributed by atoms with E-state index < -0.39 is 79.1 Å². The lowest BCUT2D eigenvalue weighted by Gasteiger charge is -2.21. The van der Waals surface area contributed by atoms with Crippen molar-refractivity contribution < 1.29 is 43.8 Å². The van der Waals surface area contributed by atoms with Crippen LogP contribution in [0.2, 0.25) is 0 Å². The molecule has 3 atom stereocenters. The van der Waals surface area contributed by atoms with Gasteiger partial charge >= 0.3 is 11.9 Å². The Kier molecular flexibility index (Phi) is 14.0. The van der Waals surface area contributed by atoms with Crippen LogP contribution in [0.5, 0.6) is 0 Å². The molecule has 0 bridgehead atoms. The van der Waals surface area contributed by atoms with Gasteiger partial charge in [-0.3, -0.25) is 33.8 Å². The van der Waals surface area contributed by atoms with Crippen molar-refractivity contribution in [3.63, 3.8) is 0 Å². The minimum atomic E-state index is -1.63. The number of aliphatic carboxylic acids is 2. The molecule has 212 valence electrons. The fourth-order valence-electron chi connectivity index (χ4n) is 3.02. The zero-order valence-corrected chi connectivity index (χ0v) is 21.2. The number of carboxylic acids is 2. The van der Waals surface area contributed by atoms with Gasteiger partial charge in [-0.25, -0.2) is 4.79 Å². The molecule has 0 radical (unpaired) electrons. The summed E-state index contributed by atoms with van der Waals surface area (Å²) in [5.74, 6) is -6.96. The van der Waals surface area contributed by atoms with Gasteiger partial charge in [-0.2, -0.15) is 11.8 Å². The number of nitrogens with two attached hydrogens (primary N) is 2. The van der Waals surface area contributed by atoms with Crippen LogP contribution in [-0.2, 0) is 33.6 Å². The first kappa shape index (κ1) is 31.9. The molecule has 0 aromatic heterocycles. The first-order valence-corrected chi connectivity index (χ1v) is 12.6. The second-order valence-corrected chi connectivity index (χ2v) is 9.16. The highest BCUT2D eigenvalue weighted by Crippen LogP contribution is 2.07. The third-order valence-corrected chi connectivity index (χ3v) is 5.93. The molecule has 1 aliphatic heterocycles. The van der Waals surface area contributed by atoms with Gasteiger partial charge in [-0.1, -0.05) is 0 Å². The number of hydrogen-bond donors (Lipinski definition) is 9. The van der Waals surface area contributed by atoms with E-state index in [2.05, 4.69) is 31.6 Å². The van der Waals surface area contributed by atoms with E-state index in [9.17, 15) is 38.7 Å². The topological polar surface area (TPSA) is 284 Å². The highest BCUT2D eigenvalue weighted by atomic mass is 32.2. The molecule has 1 heterocycles. The summed E-state index contributed by atoms with van der Waals surface area (Å²) in [6.45, 7) is -0.968. The Morgan fingerprint density at radius 3 is 2.13 bits per heavy atom. The molecule has 38 heavy (non-hydrogen) atoms. The van der Waals surface area contributed by atoms with E-state index in [1.165, 1.54) is 0 Å². The van der Waals surface area contributed by atoms with Gasteiger partial charge in [-0.15, -0.1) is 0 Å². The lowest BCUT2D eigenvalue weighted by Crippen LogP contribution is -2.55. The van der Waals surface area contributed by atoms with Crippen LogP contribution in [0, 0.1) is 0 Å². The number of carbonyl (C=O) groups is 7. The van der Waals surface area contributed by atoms with Crippen molar-refractivity contribution in [1.29, 1.82) is 0 Å². The third-order valence-electron chi connectivity index (χ3n) is 4.87. The molecular formula is C20H32N8O9S. The van der Waals surface area contributed by atoms with E-state index in [4.69, 9.17) is 16.6 Å². The van der Waals surface area contributed by atoms with Gasteiger partial charge < -0.3 is 48.3 Å². The van der Waals surface area contributed by atoms with Gasteiger partial charge in [0.1, 0.15) is 18.1 Å². The number of nitrogens with zero attached hydrogens (tertiary/aromatic N) is 1. The van der Waals surface area contributed by atoms with Crippen molar-refractivity contribution in [3.8, 4) is 0 Å². The number of hydrogen-bond acceptors (Lipinski definition) is 9. The van der Waals surface area contributed by atoms with Crippen molar-refractivity contribution in [1.82, 2.24) is 26.6 Å². The monoisotopic (exact) mass is 560 g/mol. The fourth-order valence-corrected chi connectivity index (χ4v) is 3.98. The zero-order valence-electron chi connectivity index (χ0n) is 20.4. The second kappa shape index (κ2) is 16.6. The van der Waals surface area contributed by atoms with Crippen LogP contribution in [0.1, 0.15) is 25.7 Å². The first-order chi connectivity index (χ1) is 17.9. The van der Waals surface area contributed by atoms with Crippen LogP contribution < -0.4 is 38.1 Å². The minimum absolute atomic E-state index is 0.0706. The maximum absolute atomic E-state index is 12.7. The lowest BCUT2D eigenvalue weighted by molar-refractivity contribution is -0.143. The molecule has 1 fully saturated rings. The number of guanidine groups is 1. The van der Waals surface area contributed by atoms with Gasteiger partial charge in [-0.05, 0) is 12.8 Å². The Morgan fingerprint density at radius 1 is 0.895 bits per heavy atom. The lowest BCUT2D eigenvalue weighted by atomic mass is 10.1. The average Bonchev–Trinajstić information content (AvgIpc) is 2.83. The van der Waals surface area contributed by atoms with Gasteiger partial charge in [0.15, 0.2) is 5.96 Å². The number of rotatable bonds is 7. The Morgan fingerprint density at radius 2 is 1.53 bits per heavy atom. The number of carbonyl (C=O) groups excluding carboxylic acids is 5. The second-order valence-electron chi connectivity index (χ2n) is 8.01. The van der Waals surface area contributed by atoms with E-state index in [1.807, 2.05) is 0 Å². The highest BCUT2D eigenvalue weighted by molar-refractivity contribution is 7.99. The van der Waals surface area contributed by atoms with Crippen molar-refractivity contribution in [2.45, 2.75) is 43.8 Å². The van der Waals surface area contributed by atoms with Crippen molar-refractivity contribution >= 4 is 59.2 Å². The quantitative estimate of drug-likeness (QED) is 0.0808. The third kappa shape index (κ3) is 13.3. The van der Waals surface area contributed by atoms with Crippen LogP contribution in [0.25, 0.3) is 0 Å². The number of amides is 5. The number of carboxylic acid groups (broad SMARTS) is 2. The van der Waals surface area contributed by atoms with Gasteiger partial charge in [0.25, 0.3) is 0 Å². The van der Waals surface area contributed by atoms with Crippen LogP contribution in [-0.4, -0.2) is 107 Å². The van der Waals surface area contributed by atoms with Gasteiger partial charge in [0.2, 0.25) is 29.5 Å². The number of nitrogens with one attached hydrogen (secondary N) is 5. The molecule has 1 saturated heterocycles. The molecule has 1 rings (SSSR count). The summed E-state index contributed by atoms with van der Waals surface area (Å²) in [5.41, 5.74) is 10.5. The summed E-state index contributed by atoms with van der Waals surface area (Å²) >= 11 is 1.03. The van der Waals surface area contributed by atoms with E-state index in [0.29, 0.717) is 0 Å². The van der Waals surface area contributed by atoms with E-state index in [0.717, 1.165) is 11.8 Å². The van der Waals surface area contributed by atoms with Crippen LogP contribution in [0.4, 0.5) is 0 Å². The van der Waals surface area contributed by atoms with E-state index in [-0.39, 0.29) is 43.3 Å². The summed E-state index contributed by atoms with van der Waals surface area (Å²) in [4.78, 5) is 88.4. The minimum Gasteiger partial charge on any atom is -0.481 e. The number of thioether (sulfide) groups is 1. The Balaban J connectivity index is 3.05. The molecule has 5 amide bonds. The smallest absolute Gasteiger partial charge is 0.327 e. The molecule has 17 nitrogen and oxygen atoms in total. The molecule has 1 aliphatic rings. The Bertz CT molecular complexity index is 941. The Labute approximate surface area is 221 Å². The average molecular weight is 561 g/mol. The zero-order chi connectivity index (χ0) is 28.7. The van der Waals surface area contributed by atoms with Gasteiger partial charge in [0, 0.05) is 24.5 Å². The summed E-state index contributed by atoms with van der Waals surface area (Å²) in [6, 6.07) is -4.20. The predicted octanol–water partition coefficient (Wildman–Crippen LogP) is -4.58. The summed E-state index contributed by atoms with van der Waals surface area (Å²) in [7, 11) is 0. The maximum Gasteiger partial charge on any atom is 0.327 e. The highest BCUT2D eigenvalue weighted by Gasteiger charge is 2.29. The van der Waals surface area contributed by atoms with Crippen LogP contribution in [0.15, 0.2) is 4.99 Å². The SMILES string of the molecule is NC(N)=NCCCC1NC(=O)CNC(=O)CCSC[C@@H](C(=O)O)NC(=O)[C@H](CC(=O)O)NC(=O)CNC1=O. The normalized spacial score (nSPS) is 22.6. The summed E-state index contributed by atoms with van der Waals surface area (Å²) < 4.78 is 0. The first-order valence-electron chi connectivity index (χ1n) is 11.4. The van der Waals surface area contributed by atoms with Crippen molar-refractivity contribution in [2.24, 2.45) is 16.5 Å². The molecule has 0 aromatic rings. The largest absolute Gasteiger partial charge is 0.481 e. The van der Waals surface area contributed by atoms with Crippen LogP contribution in [0.3, 0.4) is 0 Å². The van der Waals surface area contributed by atoms with Gasteiger partial charge in [0.05, 0.1) is 19.5 Å². The molecule has 18 heteroatoms. The Hall–Kier alpha value is -4.09. The molecule has 0 aromatic carbocycles. The molecular weight excluding hydrogens is 528 g/mol. The van der Waals surface area contributed by atoms with Crippen molar-refractivity contribution in [2.75, 3.05) is 31.1 Å². The molecule has 0 saturated carbocycles. The number of aliphatic imine (C=N–C) groups is 1. The standard InChI is InChI=1S/C20H32N8O9S/c21-20(22)23-4-1-2-10-17(34)25-8-15(31)27-11(6-16(32)33)18(35)28-12(19(36)37)9-38-5-3-13(29)24-7-14(30)26-10/h10-12H,1-9H2,(H,24,29)(H,25,34)(H,26,30)(H,27,31)(H,28,35)(H,32,33)(H,36,37)(H4,21,22,23)/t10?,11-,12-/m0/s1. The van der Waals surface area contributed by atoms with E-state index >= 15 is 0 Å². The maximum atomic E-state index is 12.7. The van der Waals surface area contributed by atoms with Crippen molar-refractivity contribution in [3.05, 3.63) is 0 Å². The molecule has 0 spiro atoms. The van der Waals surface area contributed by atoms with E-state index in [1.54, 1.807) is 0 Å².